The van der Waals surface area contributed by atoms with E-state index in [-0.39, 0.29) is 24.0 Å². The van der Waals surface area contributed by atoms with Gasteiger partial charge in [-0.25, -0.2) is 4.90 Å². The lowest BCUT2D eigenvalue weighted by Gasteiger charge is -2.49. The van der Waals surface area contributed by atoms with E-state index in [0.29, 0.717) is 40.9 Å². The summed E-state index contributed by atoms with van der Waals surface area (Å²) in [6, 6.07) is 22.3. The Kier molecular flexibility index (Phi) is 8.60. The molecule has 4 aliphatic rings. The van der Waals surface area contributed by atoms with Crippen LogP contribution in [0.5, 0.6) is 11.5 Å². The first-order chi connectivity index (χ1) is 27.1. The number of hydrogen-bond acceptors (Lipinski definition) is 8. The number of ether oxygens (including phenoxy) is 1. The molecule has 0 unspecified atom stereocenters. The largest absolute Gasteiger partial charge is 0.508 e. The van der Waals surface area contributed by atoms with E-state index in [1.165, 1.54) is 9.80 Å². The Morgan fingerprint density at radius 2 is 1.72 bits per heavy atom. The van der Waals surface area contributed by atoms with Gasteiger partial charge in [-0.3, -0.25) is 28.8 Å². The van der Waals surface area contributed by atoms with Crippen LogP contribution in [0.1, 0.15) is 63.1 Å². The number of hydrogen-bond donors (Lipinski definition) is 1. The molecule has 2 saturated heterocycles. The Morgan fingerprint density at radius 3 is 2.44 bits per heavy atom. The van der Waals surface area contributed by atoms with Gasteiger partial charge in [-0.1, -0.05) is 59.6 Å². The van der Waals surface area contributed by atoms with E-state index in [4.69, 9.17) is 21.4 Å². The summed E-state index contributed by atoms with van der Waals surface area (Å²) >= 11 is 7.90. The maximum Gasteiger partial charge on any atom is 0.242 e. The highest BCUT2D eigenvalue weighted by atomic mass is 35.5. The third-order valence-electron chi connectivity index (χ3n) is 12.7. The molecule has 4 heterocycles. The standard InChI is InChI=1S/C45H43ClN4O6S/c1-23-30-18-25(46)12-17-35(30)57-39(23)33-21-36(48(6)47-33)49-41(53)32-20-31-27(15-16-29-37(31)42(54)50(40(29)52)44(2,3)4)38(45(32,5)43(49)55)28-14-13-26(19-34(28)51)56-22-24-10-8-7-9-11-24/h7-15,17-19,21,29,31-32,37-38,51H,16,20,22H2,1-6H3/t29-,31+,32-,37-,38+,45+/m0/s1. The molecule has 12 heteroatoms. The second-order valence-electron chi connectivity index (χ2n) is 17.0. The molecule has 0 bridgehead atoms. The van der Waals surface area contributed by atoms with E-state index in [1.807, 2.05) is 89.2 Å². The van der Waals surface area contributed by atoms with Crippen molar-refractivity contribution in [1.82, 2.24) is 14.7 Å². The fourth-order valence-corrected chi connectivity index (χ4v) is 11.4. The monoisotopic (exact) mass is 802 g/mol. The van der Waals surface area contributed by atoms with Crippen LogP contribution in [0.15, 0.2) is 84.4 Å². The molecule has 2 aliphatic heterocycles. The van der Waals surface area contributed by atoms with Crippen molar-refractivity contribution in [3.05, 3.63) is 106 Å². The minimum absolute atomic E-state index is 0.0822. The molecule has 0 radical (unpaired) electrons. The highest BCUT2D eigenvalue weighted by Crippen LogP contribution is 2.64. The third kappa shape index (κ3) is 5.60. The summed E-state index contributed by atoms with van der Waals surface area (Å²) in [5, 5.41) is 18.3. The highest BCUT2D eigenvalue weighted by molar-refractivity contribution is 7.22. The summed E-state index contributed by atoms with van der Waals surface area (Å²) < 4.78 is 8.66. The minimum Gasteiger partial charge on any atom is -0.508 e. The fraction of sp³-hybridized carbons (Fsp3) is 0.356. The van der Waals surface area contributed by atoms with Crippen LogP contribution in [0.3, 0.4) is 0 Å². The normalized spacial score (nSPS) is 25.9. The van der Waals surface area contributed by atoms with Gasteiger partial charge in [0, 0.05) is 45.9 Å². The van der Waals surface area contributed by atoms with E-state index in [9.17, 15) is 19.5 Å². The highest BCUT2D eigenvalue weighted by Gasteiger charge is 2.68. The molecular formula is C45H43ClN4O6S. The van der Waals surface area contributed by atoms with Crippen LogP contribution >= 0.6 is 22.9 Å². The molecule has 1 saturated carbocycles. The van der Waals surface area contributed by atoms with Crippen LogP contribution in [-0.4, -0.2) is 49.0 Å². The lowest BCUT2D eigenvalue weighted by Crippen LogP contribution is -2.49. The number of halogens is 1. The molecule has 292 valence electrons. The lowest BCUT2D eigenvalue weighted by molar-refractivity contribution is -0.145. The van der Waals surface area contributed by atoms with Gasteiger partial charge >= 0.3 is 0 Å². The van der Waals surface area contributed by atoms with Gasteiger partial charge in [-0.05, 0) is 94.2 Å². The van der Waals surface area contributed by atoms with Gasteiger partial charge in [-0.15, -0.1) is 11.3 Å². The number of aromatic hydroxyl groups is 1. The molecule has 2 aromatic heterocycles. The number of aromatic nitrogens is 2. The van der Waals surface area contributed by atoms with E-state index >= 15 is 4.79 Å². The molecule has 6 atom stereocenters. The molecule has 1 N–H and O–H groups in total. The van der Waals surface area contributed by atoms with Crippen molar-refractivity contribution >= 4 is 62.5 Å². The predicted molar refractivity (Wildman–Crippen MR) is 219 cm³/mol. The fourth-order valence-electron chi connectivity index (χ4n) is 10.1. The van der Waals surface area contributed by atoms with E-state index < -0.39 is 52.4 Å². The number of aryl methyl sites for hydroxylation is 2. The SMILES string of the molecule is Cc1c(-c2cc(N3C(=O)[C@@H]4C[C@@H]5C(=CC[C@@H]6C(=O)N(C(C)(C)C)C(=O)[C@@H]65)[C@H](c5ccc(OCc6ccccc6)cc5O)[C@]4(C)C3=O)n(C)n2)sc2ccc(Cl)cc12. The lowest BCUT2D eigenvalue weighted by atomic mass is 9.51. The molecule has 2 aliphatic carbocycles. The van der Waals surface area contributed by atoms with Crippen LogP contribution in [0.2, 0.25) is 5.02 Å². The number of amides is 4. The zero-order chi connectivity index (χ0) is 40.3. The number of carbonyl (C=O) groups excluding carboxylic acids is 4. The minimum atomic E-state index is -1.35. The average molecular weight is 803 g/mol. The zero-order valence-electron chi connectivity index (χ0n) is 32.6. The molecule has 4 amide bonds. The van der Waals surface area contributed by atoms with E-state index in [1.54, 1.807) is 47.3 Å². The summed E-state index contributed by atoms with van der Waals surface area (Å²) in [5.74, 6) is -3.97. The number of benzene rings is 3. The van der Waals surface area contributed by atoms with Gasteiger partial charge in [0.15, 0.2) is 0 Å². The topological polar surface area (TPSA) is 122 Å². The quantitative estimate of drug-likeness (QED) is 0.135. The van der Waals surface area contributed by atoms with Gasteiger partial charge in [0.2, 0.25) is 23.6 Å². The van der Waals surface area contributed by atoms with Crippen LogP contribution in [0.25, 0.3) is 20.7 Å². The van der Waals surface area contributed by atoms with Crippen molar-refractivity contribution in [3.8, 4) is 22.1 Å². The van der Waals surface area contributed by atoms with Crippen molar-refractivity contribution in [2.45, 2.75) is 65.5 Å². The van der Waals surface area contributed by atoms with Gasteiger partial charge < -0.3 is 9.84 Å². The number of nitrogens with zero attached hydrogens (tertiary/aromatic N) is 4. The number of anilines is 1. The van der Waals surface area contributed by atoms with E-state index in [2.05, 4.69) is 0 Å². The number of fused-ring (bicyclic) bond motifs is 5. The Bertz CT molecular complexity index is 2570. The van der Waals surface area contributed by atoms with E-state index in [0.717, 1.165) is 31.7 Å². The molecule has 10 nitrogen and oxygen atoms in total. The second-order valence-corrected chi connectivity index (χ2v) is 18.5. The Hall–Kier alpha value is -5.26. The average Bonchev–Trinajstić information content (AvgIpc) is 3.84. The van der Waals surface area contributed by atoms with Crippen LogP contribution in [0.4, 0.5) is 5.82 Å². The third-order valence-corrected chi connectivity index (χ3v) is 14.3. The van der Waals surface area contributed by atoms with Crippen LogP contribution < -0.4 is 9.64 Å². The van der Waals surface area contributed by atoms with Crippen LogP contribution in [-0.2, 0) is 32.8 Å². The maximum absolute atomic E-state index is 15.2. The summed E-state index contributed by atoms with van der Waals surface area (Å²) in [7, 11) is 1.72. The maximum atomic E-state index is 15.2. The number of thiophene rings is 1. The second kappa shape index (κ2) is 13.1. The van der Waals surface area contributed by atoms with Crippen molar-refractivity contribution in [3.63, 3.8) is 0 Å². The Balaban J connectivity index is 1.14. The number of phenolic OH excluding ortho intramolecular Hbond substituents is 1. The molecule has 3 fully saturated rings. The van der Waals surface area contributed by atoms with Gasteiger partial charge in [0.1, 0.15) is 29.6 Å². The van der Waals surface area contributed by atoms with Crippen LogP contribution in [0, 0.1) is 36.0 Å². The zero-order valence-corrected chi connectivity index (χ0v) is 34.1. The Labute approximate surface area is 339 Å². The molecular weight excluding hydrogens is 760 g/mol. The number of allylic oxidation sites excluding steroid dienone is 2. The number of phenols is 1. The van der Waals surface area contributed by atoms with Gasteiger partial charge in [0.25, 0.3) is 0 Å². The molecule has 5 aromatic rings. The van der Waals surface area contributed by atoms with Crippen molar-refractivity contribution in [1.29, 1.82) is 0 Å². The molecule has 0 spiro atoms. The molecule has 57 heavy (non-hydrogen) atoms. The first-order valence-corrected chi connectivity index (χ1v) is 20.5. The molecule has 3 aromatic carbocycles. The summed E-state index contributed by atoms with van der Waals surface area (Å²) in [4.78, 5) is 61.9. The Morgan fingerprint density at radius 1 is 0.965 bits per heavy atom. The van der Waals surface area contributed by atoms with Gasteiger partial charge in [-0.2, -0.15) is 5.10 Å². The first-order valence-electron chi connectivity index (χ1n) is 19.3. The summed E-state index contributed by atoms with van der Waals surface area (Å²) in [6.45, 7) is 9.67. The summed E-state index contributed by atoms with van der Waals surface area (Å²) in [6.07, 6.45) is 2.52. The molecule has 9 rings (SSSR count). The smallest absolute Gasteiger partial charge is 0.242 e. The number of rotatable bonds is 6. The number of carbonyl (C=O) groups is 4. The summed E-state index contributed by atoms with van der Waals surface area (Å²) in [5.41, 5.74) is 1.78. The predicted octanol–water partition coefficient (Wildman–Crippen LogP) is 8.58. The van der Waals surface area contributed by atoms with Crippen molar-refractivity contribution in [2.24, 2.45) is 36.1 Å². The van der Waals surface area contributed by atoms with Gasteiger partial charge in [0.05, 0.1) is 28.0 Å². The number of imide groups is 2. The van der Waals surface area contributed by atoms with Crippen molar-refractivity contribution in [2.75, 3.05) is 4.90 Å². The first kappa shape index (κ1) is 37.3. The van der Waals surface area contributed by atoms with Crippen molar-refractivity contribution < 1.29 is 29.0 Å². The number of likely N-dealkylation sites (tertiary alicyclic amines) is 1.